The SMILES string of the molecule is CCCCCl.Cc1ccccn1. The Hall–Kier alpha value is -0.560. The highest BCUT2D eigenvalue weighted by Crippen LogP contribution is 1.86. The Kier molecular flexibility index (Phi) is 8.14. The molecule has 0 aliphatic heterocycles. The van der Waals surface area contributed by atoms with Crippen LogP contribution in [0.3, 0.4) is 0 Å². The van der Waals surface area contributed by atoms with Crippen LogP contribution in [0.2, 0.25) is 0 Å². The lowest BCUT2D eigenvalue weighted by Crippen LogP contribution is -1.72. The van der Waals surface area contributed by atoms with E-state index >= 15 is 0 Å². The number of hydrogen-bond acceptors (Lipinski definition) is 1. The lowest BCUT2D eigenvalue weighted by atomic mass is 10.4. The van der Waals surface area contributed by atoms with E-state index in [1.165, 1.54) is 6.42 Å². The number of pyridine rings is 1. The minimum absolute atomic E-state index is 0.816. The second kappa shape index (κ2) is 8.54. The van der Waals surface area contributed by atoms with Gasteiger partial charge in [-0.05, 0) is 25.5 Å². The summed E-state index contributed by atoms with van der Waals surface area (Å²) in [6, 6.07) is 5.86. The summed E-state index contributed by atoms with van der Waals surface area (Å²) in [5.74, 6) is 0.816. The van der Waals surface area contributed by atoms with Crippen molar-refractivity contribution < 1.29 is 0 Å². The molecule has 1 heterocycles. The van der Waals surface area contributed by atoms with Gasteiger partial charge in [0, 0.05) is 17.8 Å². The summed E-state index contributed by atoms with van der Waals surface area (Å²) < 4.78 is 0. The van der Waals surface area contributed by atoms with Crippen molar-refractivity contribution in [3.63, 3.8) is 0 Å². The standard InChI is InChI=1S/C6H7N.C4H9Cl/c1-6-4-2-3-5-7-6;1-2-3-4-5/h2-5H,1H3;2-4H2,1H3. The lowest BCUT2D eigenvalue weighted by Gasteiger charge is -1.82. The summed E-state index contributed by atoms with van der Waals surface area (Å²) in [6.45, 7) is 4.10. The molecule has 2 heteroatoms. The second-order valence-electron chi connectivity index (χ2n) is 2.51. The Morgan fingerprint density at radius 3 is 2.33 bits per heavy atom. The van der Waals surface area contributed by atoms with E-state index in [2.05, 4.69) is 11.9 Å². The van der Waals surface area contributed by atoms with E-state index in [-0.39, 0.29) is 0 Å². The van der Waals surface area contributed by atoms with Gasteiger partial charge < -0.3 is 0 Å². The Morgan fingerprint density at radius 1 is 1.42 bits per heavy atom. The molecule has 0 bridgehead atoms. The van der Waals surface area contributed by atoms with Crippen molar-refractivity contribution in [1.82, 2.24) is 4.98 Å². The van der Waals surface area contributed by atoms with Gasteiger partial charge in [-0.15, -0.1) is 11.6 Å². The van der Waals surface area contributed by atoms with Crippen LogP contribution < -0.4 is 0 Å². The first-order chi connectivity index (χ1) is 5.81. The molecule has 0 radical (unpaired) electrons. The van der Waals surface area contributed by atoms with Gasteiger partial charge in [-0.3, -0.25) is 4.98 Å². The Labute approximate surface area is 79.8 Å². The fraction of sp³-hybridized carbons (Fsp3) is 0.500. The molecule has 0 saturated heterocycles. The van der Waals surface area contributed by atoms with Gasteiger partial charge >= 0.3 is 0 Å². The van der Waals surface area contributed by atoms with Crippen molar-refractivity contribution in [2.45, 2.75) is 26.7 Å². The molecule has 68 valence electrons. The molecule has 0 aromatic carbocycles. The van der Waals surface area contributed by atoms with Crippen molar-refractivity contribution in [2.24, 2.45) is 0 Å². The maximum absolute atomic E-state index is 5.30. The molecule has 0 saturated carbocycles. The molecule has 0 spiro atoms. The first-order valence-electron chi connectivity index (χ1n) is 4.24. The molecule has 1 nitrogen and oxygen atoms in total. The van der Waals surface area contributed by atoms with Crippen LogP contribution in [0.1, 0.15) is 25.5 Å². The molecule has 0 unspecified atom stereocenters. The average Bonchev–Trinajstić information content (AvgIpc) is 2.08. The van der Waals surface area contributed by atoms with Crippen molar-refractivity contribution in [3.05, 3.63) is 30.1 Å². The van der Waals surface area contributed by atoms with Crippen LogP contribution >= 0.6 is 11.6 Å². The van der Waals surface area contributed by atoms with Gasteiger partial charge in [0.25, 0.3) is 0 Å². The molecule has 0 fully saturated rings. The van der Waals surface area contributed by atoms with Crippen LogP contribution in [-0.2, 0) is 0 Å². The zero-order valence-electron chi connectivity index (χ0n) is 7.76. The predicted octanol–water partition coefficient (Wildman–Crippen LogP) is 3.42. The largest absolute Gasteiger partial charge is 0.262 e. The molecular weight excluding hydrogens is 170 g/mol. The average molecular weight is 186 g/mol. The normalized spacial score (nSPS) is 8.58. The summed E-state index contributed by atoms with van der Waals surface area (Å²) in [5.41, 5.74) is 1.07. The van der Waals surface area contributed by atoms with E-state index < -0.39 is 0 Å². The van der Waals surface area contributed by atoms with Gasteiger partial charge in [-0.2, -0.15) is 0 Å². The molecule has 0 aliphatic rings. The van der Waals surface area contributed by atoms with E-state index in [1.807, 2.05) is 25.1 Å². The van der Waals surface area contributed by atoms with Crippen LogP contribution in [0, 0.1) is 6.92 Å². The summed E-state index contributed by atoms with van der Waals surface area (Å²) in [7, 11) is 0. The minimum Gasteiger partial charge on any atom is -0.262 e. The van der Waals surface area contributed by atoms with E-state index in [9.17, 15) is 0 Å². The number of unbranched alkanes of at least 4 members (excludes halogenated alkanes) is 1. The van der Waals surface area contributed by atoms with Gasteiger partial charge in [0.15, 0.2) is 0 Å². The third kappa shape index (κ3) is 7.55. The molecule has 1 aromatic rings. The predicted molar refractivity (Wildman–Crippen MR) is 54.6 cm³/mol. The molecule has 0 amide bonds. The molecule has 0 N–H and O–H groups in total. The van der Waals surface area contributed by atoms with E-state index in [0.29, 0.717) is 0 Å². The Balaban J connectivity index is 0.000000217. The van der Waals surface area contributed by atoms with E-state index in [4.69, 9.17) is 11.6 Å². The van der Waals surface area contributed by atoms with Gasteiger partial charge in [-0.1, -0.05) is 19.4 Å². The summed E-state index contributed by atoms with van der Waals surface area (Å²) in [6.07, 6.45) is 4.15. The van der Waals surface area contributed by atoms with Crippen molar-refractivity contribution in [2.75, 3.05) is 5.88 Å². The van der Waals surface area contributed by atoms with Crippen LogP contribution in [0.5, 0.6) is 0 Å². The van der Waals surface area contributed by atoms with Crippen LogP contribution in [0.25, 0.3) is 0 Å². The maximum Gasteiger partial charge on any atom is 0.0372 e. The first kappa shape index (κ1) is 11.4. The molecule has 12 heavy (non-hydrogen) atoms. The smallest absolute Gasteiger partial charge is 0.0372 e. The highest BCUT2D eigenvalue weighted by atomic mass is 35.5. The topological polar surface area (TPSA) is 12.9 Å². The Morgan fingerprint density at radius 2 is 2.17 bits per heavy atom. The van der Waals surface area contributed by atoms with E-state index in [1.54, 1.807) is 6.20 Å². The fourth-order valence-corrected chi connectivity index (χ4v) is 0.849. The number of hydrogen-bond donors (Lipinski definition) is 0. The summed E-state index contributed by atoms with van der Waals surface area (Å²) in [4.78, 5) is 3.98. The third-order valence-corrected chi connectivity index (χ3v) is 1.57. The Bertz CT molecular complexity index is 172. The molecule has 1 aromatic heterocycles. The monoisotopic (exact) mass is 185 g/mol. The van der Waals surface area contributed by atoms with E-state index in [0.717, 1.165) is 18.0 Å². The fourth-order valence-electron chi connectivity index (χ4n) is 0.582. The highest BCUT2D eigenvalue weighted by molar-refractivity contribution is 6.17. The van der Waals surface area contributed by atoms with Crippen LogP contribution in [0.15, 0.2) is 24.4 Å². The number of halogens is 1. The minimum atomic E-state index is 0.816. The van der Waals surface area contributed by atoms with Crippen molar-refractivity contribution in [1.29, 1.82) is 0 Å². The van der Waals surface area contributed by atoms with Crippen molar-refractivity contribution in [3.8, 4) is 0 Å². The van der Waals surface area contributed by atoms with Gasteiger partial charge in [-0.25, -0.2) is 0 Å². The number of aromatic nitrogens is 1. The van der Waals surface area contributed by atoms with Crippen LogP contribution in [0.4, 0.5) is 0 Å². The summed E-state index contributed by atoms with van der Waals surface area (Å²) >= 11 is 5.30. The summed E-state index contributed by atoms with van der Waals surface area (Å²) in [5, 5.41) is 0. The number of rotatable bonds is 2. The zero-order chi connectivity index (χ0) is 9.23. The molecular formula is C10H16ClN. The molecule has 1 rings (SSSR count). The molecule has 0 atom stereocenters. The van der Waals surface area contributed by atoms with Crippen molar-refractivity contribution >= 4 is 11.6 Å². The van der Waals surface area contributed by atoms with Gasteiger partial charge in [0.2, 0.25) is 0 Å². The number of alkyl halides is 1. The maximum atomic E-state index is 5.30. The molecule has 0 aliphatic carbocycles. The third-order valence-electron chi connectivity index (χ3n) is 1.30. The van der Waals surface area contributed by atoms with Gasteiger partial charge in [0.1, 0.15) is 0 Å². The lowest BCUT2D eigenvalue weighted by molar-refractivity contribution is 0.892. The zero-order valence-corrected chi connectivity index (χ0v) is 8.51. The number of aryl methyl sites for hydroxylation is 1. The number of nitrogens with zero attached hydrogens (tertiary/aromatic N) is 1. The first-order valence-corrected chi connectivity index (χ1v) is 4.78. The van der Waals surface area contributed by atoms with Crippen LogP contribution in [-0.4, -0.2) is 10.9 Å². The van der Waals surface area contributed by atoms with Gasteiger partial charge in [0.05, 0.1) is 0 Å². The second-order valence-corrected chi connectivity index (χ2v) is 2.89. The highest BCUT2D eigenvalue weighted by Gasteiger charge is 1.73. The quantitative estimate of drug-likeness (QED) is 0.644.